The van der Waals surface area contributed by atoms with Crippen molar-refractivity contribution in [2.24, 2.45) is 20.5 Å². The zero-order valence-corrected chi connectivity index (χ0v) is 24.2. The van der Waals surface area contributed by atoms with Gasteiger partial charge in [-0.3, -0.25) is 0 Å². The number of carbonyl (C=O) groups is 1. The molecule has 0 radical (unpaired) electrons. The molecule has 0 bridgehead atoms. The molecule has 41 heavy (non-hydrogen) atoms. The first-order chi connectivity index (χ1) is 20.0. The number of anilines is 1. The predicted molar refractivity (Wildman–Crippen MR) is 166 cm³/mol. The summed E-state index contributed by atoms with van der Waals surface area (Å²) in [4.78, 5) is 14.8. The van der Waals surface area contributed by atoms with E-state index in [2.05, 4.69) is 58.3 Å². The van der Waals surface area contributed by atoms with E-state index >= 15 is 0 Å². The number of hydrogen-bond acceptors (Lipinski definition) is 7. The van der Waals surface area contributed by atoms with Gasteiger partial charge in [-0.25, -0.2) is 4.79 Å². The molecule has 0 aromatic heterocycles. The number of benzene rings is 4. The largest absolute Gasteiger partial charge is 0.423 e. The van der Waals surface area contributed by atoms with Crippen LogP contribution in [0.15, 0.2) is 111 Å². The van der Waals surface area contributed by atoms with Crippen molar-refractivity contribution in [2.45, 2.75) is 47.0 Å². The number of esters is 1. The van der Waals surface area contributed by atoms with Crippen LogP contribution in [-0.2, 0) is 6.42 Å². The minimum Gasteiger partial charge on any atom is -0.423 e. The fourth-order valence-electron chi connectivity index (χ4n) is 4.30. The van der Waals surface area contributed by atoms with Gasteiger partial charge in [0.25, 0.3) is 0 Å². The lowest BCUT2D eigenvalue weighted by Gasteiger charge is -2.20. The van der Waals surface area contributed by atoms with Crippen LogP contribution in [0.25, 0.3) is 0 Å². The van der Waals surface area contributed by atoms with Crippen molar-refractivity contribution in [2.75, 3.05) is 18.0 Å². The first kappa shape index (κ1) is 29.3. The summed E-state index contributed by atoms with van der Waals surface area (Å²) in [6.45, 7) is 10.4. The fraction of sp³-hybridized carbons (Fsp3) is 0.265. The molecule has 0 saturated heterocycles. The average Bonchev–Trinajstić information content (AvgIpc) is 3.00. The lowest BCUT2D eigenvalue weighted by Crippen LogP contribution is -2.21. The number of unbranched alkanes of at least 4 members (excludes halogenated alkanes) is 1. The summed E-state index contributed by atoms with van der Waals surface area (Å²) >= 11 is 0. The van der Waals surface area contributed by atoms with Crippen molar-refractivity contribution in [1.29, 1.82) is 0 Å². The molecule has 0 spiro atoms. The third kappa shape index (κ3) is 8.42. The molecule has 4 aromatic rings. The Kier molecular flexibility index (Phi) is 10.5. The fourth-order valence-corrected chi connectivity index (χ4v) is 4.30. The minimum absolute atomic E-state index is 0.407. The summed E-state index contributed by atoms with van der Waals surface area (Å²) < 4.78 is 5.52. The smallest absolute Gasteiger partial charge is 0.343 e. The van der Waals surface area contributed by atoms with E-state index in [1.807, 2.05) is 61.5 Å². The molecule has 0 aliphatic rings. The number of carbonyl (C=O) groups excluding carboxylic acids is 1. The number of aryl methyl sites for hydroxylation is 2. The topological polar surface area (TPSA) is 79.0 Å². The average molecular weight is 548 g/mol. The highest BCUT2D eigenvalue weighted by molar-refractivity contribution is 5.91. The molecule has 0 unspecified atom stereocenters. The van der Waals surface area contributed by atoms with Gasteiger partial charge in [0.1, 0.15) is 5.75 Å². The van der Waals surface area contributed by atoms with Crippen molar-refractivity contribution in [3.8, 4) is 5.75 Å². The zero-order chi connectivity index (χ0) is 29.0. The van der Waals surface area contributed by atoms with Gasteiger partial charge in [-0.05, 0) is 124 Å². The maximum Gasteiger partial charge on any atom is 0.343 e. The molecule has 0 N–H and O–H groups in total. The van der Waals surface area contributed by atoms with E-state index in [9.17, 15) is 4.79 Å². The number of ether oxygens (including phenoxy) is 1. The van der Waals surface area contributed by atoms with Crippen LogP contribution in [0.5, 0.6) is 5.75 Å². The molecular weight excluding hydrogens is 510 g/mol. The van der Waals surface area contributed by atoms with E-state index in [-0.39, 0.29) is 0 Å². The Morgan fingerprint density at radius 2 is 1.29 bits per heavy atom. The Bertz CT molecular complexity index is 1470. The predicted octanol–water partition coefficient (Wildman–Crippen LogP) is 10.2. The Balaban J connectivity index is 1.33. The summed E-state index contributed by atoms with van der Waals surface area (Å²) in [6.07, 6.45) is 3.33. The van der Waals surface area contributed by atoms with Crippen LogP contribution >= 0.6 is 0 Å². The normalized spacial score (nSPS) is 11.3. The van der Waals surface area contributed by atoms with Crippen LogP contribution < -0.4 is 9.64 Å². The maximum absolute atomic E-state index is 12.6. The number of rotatable bonds is 12. The van der Waals surface area contributed by atoms with Crippen LogP contribution in [-0.4, -0.2) is 19.1 Å². The van der Waals surface area contributed by atoms with Gasteiger partial charge in [0, 0.05) is 18.8 Å². The molecule has 7 heteroatoms. The quantitative estimate of drug-likeness (QED) is 0.100. The molecule has 0 fully saturated rings. The van der Waals surface area contributed by atoms with Gasteiger partial charge in [-0.2, -0.15) is 20.5 Å². The maximum atomic E-state index is 12.6. The van der Waals surface area contributed by atoms with Gasteiger partial charge in [0.2, 0.25) is 0 Å². The summed E-state index contributed by atoms with van der Waals surface area (Å²) in [5.41, 5.74) is 6.72. The molecule has 7 nitrogen and oxygen atoms in total. The Morgan fingerprint density at radius 1 is 0.707 bits per heavy atom. The van der Waals surface area contributed by atoms with Gasteiger partial charge < -0.3 is 9.64 Å². The Morgan fingerprint density at radius 3 is 1.90 bits per heavy atom. The molecule has 0 atom stereocenters. The minimum atomic E-state index is -0.407. The standard InChI is InChI=1S/C34H37N5O2/c1-5-8-9-26-10-21-32(22-11-26)41-34(40)27-12-14-28(15-13-27)36-38-33-23-18-30(24-25(33)4)37-35-29-16-19-31(20-17-29)39(6-2)7-3/h10-24H,5-9H2,1-4H3. The van der Waals surface area contributed by atoms with Crippen molar-refractivity contribution in [3.63, 3.8) is 0 Å². The van der Waals surface area contributed by atoms with Crippen molar-refractivity contribution in [3.05, 3.63) is 108 Å². The first-order valence-corrected chi connectivity index (χ1v) is 14.2. The van der Waals surface area contributed by atoms with E-state index < -0.39 is 5.97 Å². The lowest BCUT2D eigenvalue weighted by atomic mass is 10.1. The Labute approximate surface area is 242 Å². The van der Waals surface area contributed by atoms with Crippen LogP contribution in [0, 0.1) is 6.92 Å². The molecule has 0 aliphatic heterocycles. The second kappa shape index (κ2) is 14.7. The summed E-state index contributed by atoms with van der Waals surface area (Å²) in [6, 6.07) is 28.3. The highest BCUT2D eigenvalue weighted by Gasteiger charge is 2.09. The molecule has 0 saturated carbocycles. The van der Waals surface area contributed by atoms with Crippen molar-refractivity contribution in [1.82, 2.24) is 0 Å². The van der Waals surface area contributed by atoms with Gasteiger partial charge in [-0.15, -0.1) is 0 Å². The third-order valence-electron chi connectivity index (χ3n) is 6.77. The van der Waals surface area contributed by atoms with Gasteiger partial charge in [0.05, 0.1) is 28.3 Å². The number of azo groups is 2. The second-order valence-electron chi connectivity index (χ2n) is 9.74. The first-order valence-electron chi connectivity index (χ1n) is 14.2. The summed E-state index contributed by atoms with van der Waals surface area (Å²) in [5.74, 6) is 0.126. The van der Waals surface area contributed by atoms with E-state index in [0.717, 1.165) is 55.0 Å². The SMILES string of the molecule is CCCCc1ccc(OC(=O)c2ccc(N=Nc3ccc(N=Nc4ccc(N(CC)CC)cc4)cc3C)cc2)cc1. The highest BCUT2D eigenvalue weighted by Crippen LogP contribution is 2.28. The van der Waals surface area contributed by atoms with Crippen LogP contribution in [0.3, 0.4) is 0 Å². The van der Waals surface area contributed by atoms with Gasteiger partial charge in [-0.1, -0.05) is 25.5 Å². The Hall–Kier alpha value is -4.65. The number of nitrogens with zero attached hydrogens (tertiary/aromatic N) is 5. The van der Waals surface area contributed by atoms with Crippen LogP contribution in [0.1, 0.15) is 55.1 Å². The zero-order valence-electron chi connectivity index (χ0n) is 24.2. The molecule has 0 aliphatic carbocycles. The van der Waals surface area contributed by atoms with Crippen molar-refractivity contribution >= 4 is 34.4 Å². The lowest BCUT2D eigenvalue weighted by molar-refractivity contribution is 0.0734. The molecule has 0 heterocycles. The number of hydrogen-bond donors (Lipinski definition) is 0. The van der Waals surface area contributed by atoms with Gasteiger partial charge in [0.15, 0.2) is 0 Å². The van der Waals surface area contributed by atoms with E-state index in [4.69, 9.17) is 4.74 Å². The monoisotopic (exact) mass is 547 g/mol. The molecule has 4 aromatic carbocycles. The molecule has 4 rings (SSSR count). The molecule has 210 valence electrons. The van der Waals surface area contributed by atoms with E-state index in [1.54, 1.807) is 24.3 Å². The van der Waals surface area contributed by atoms with Crippen LogP contribution in [0.2, 0.25) is 0 Å². The summed E-state index contributed by atoms with van der Waals surface area (Å²) in [7, 11) is 0. The van der Waals surface area contributed by atoms with Crippen LogP contribution in [0.4, 0.5) is 28.4 Å². The summed E-state index contributed by atoms with van der Waals surface area (Å²) in [5, 5.41) is 17.5. The van der Waals surface area contributed by atoms with E-state index in [1.165, 1.54) is 11.3 Å². The van der Waals surface area contributed by atoms with Crippen molar-refractivity contribution < 1.29 is 9.53 Å². The van der Waals surface area contributed by atoms with Gasteiger partial charge >= 0.3 is 5.97 Å². The third-order valence-corrected chi connectivity index (χ3v) is 6.77. The molecule has 0 amide bonds. The second-order valence-corrected chi connectivity index (χ2v) is 9.74. The highest BCUT2D eigenvalue weighted by atomic mass is 16.5. The van der Waals surface area contributed by atoms with E-state index in [0.29, 0.717) is 17.0 Å². The molecular formula is C34H37N5O2.